The summed E-state index contributed by atoms with van der Waals surface area (Å²) in [4.78, 5) is 42.9. The van der Waals surface area contributed by atoms with Crippen molar-refractivity contribution < 1.29 is 82.9 Å². The molecule has 4 aromatic carbocycles. The van der Waals surface area contributed by atoms with Gasteiger partial charge in [-0.1, -0.05) is 32.1 Å². The van der Waals surface area contributed by atoms with Gasteiger partial charge in [0.1, 0.15) is 107 Å². The number of nitrogens with one attached hydrogen (secondary N) is 2. The van der Waals surface area contributed by atoms with Crippen molar-refractivity contribution in [1.29, 1.82) is 0 Å². The van der Waals surface area contributed by atoms with Crippen LogP contribution >= 0.6 is 11.6 Å². The molecule has 0 spiro atoms. The van der Waals surface area contributed by atoms with E-state index >= 15 is 0 Å². The molecule has 0 unspecified atom stereocenters. The third-order valence-electron chi connectivity index (χ3n) is 15.9. The van der Waals surface area contributed by atoms with E-state index in [1.807, 2.05) is 27.7 Å². The van der Waals surface area contributed by atoms with Gasteiger partial charge in [-0.05, 0) is 142 Å². The Labute approximate surface area is 653 Å². The molecule has 36 nitrogen and oxygen atoms in total. The number of azide groups is 4. The Morgan fingerprint density at radius 3 is 1.37 bits per heavy atom. The van der Waals surface area contributed by atoms with Gasteiger partial charge < -0.3 is 58.4 Å². The lowest BCUT2D eigenvalue weighted by Gasteiger charge is -2.30. The molecule has 0 saturated carbocycles. The standard InChI is InChI=1S/C20H20FN7O4.C15H21FN4O3S.C15H19FN4O3S.C11H13FN4O2.C9H8ClN3O2/c1-3-30-20(29)15-9-24-28-5-4-17(26-19(15)28)25-11(2)14-6-12(21)7-16-18(14)32-13(10-31-16)8-23-27-22;2*1-9(19-24(21)15(2,3)4)12-5-10(16)6-13-14(12)23-11(8-22-13)7-18-20-17;1-6(13)9-2-7(12)3-10-11(9)18-8(5-17-10)4-15-16-14;1-2-15-9(14)6-5-11-13-4-3-7(10)12-8(6)13/h4-7,9,11,13H,3,8,10H2,1-2H3,(H,25,26);5-6,9,11,19H,7-8H2,1-4H3;5-6,11H,7-8H2,1-4H3;2-3,6,8H,4-5,13H2,1H3;3-5H,2H2,1H3/t11-,13-;9-,11-,24-;11-,24-;6-,8-;/m1111./s1. The van der Waals surface area contributed by atoms with Crippen LogP contribution in [0.4, 0.5) is 23.4 Å². The van der Waals surface area contributed by atoms with Crippen molar-refractivity contribution in [2.75, 3.05) is 71.1 Å². The highest BCUT2D eigenvalue weighted by Gasteiger charge is 2.33. The summed E-state index contributed by atoms with van der Waals surface area (Å²) in [5.74, 6) is 0.253. The molecule has 0 aliphatic carbocycles. The largest absolute Gasteiger partial charge is 0.486 e. The van der Waals surface area contributed by atoms with Crippen LogP contribution in [0.25, 0.3) is 53.1 Å². The van der Waals surface area contributed by atoms with Crippen LogP contribution in [-0.2, 0) is 31.4 Å². The SMILES string of the molecule is CC(=N[S@](=O)C(C)(C)C)c1cc(F)cc2c1O[C@H](CN=[N+]=[N-])CO2.CCOC(=O)c1cnn2ccc(Cl)nc12.CCOC(=O)c1cnn2ccc(N[C@H](C)c3cc(F)cc4c3O[C@H](CN=[N+]=[N-])CO4)nc12.C[C@@H](N)c1cc(F)cc2c1O[C@H](CN=[N+]=[N-])CO2.C[C@@H](N[S@](=O)C(C)(C)C)c1cc(F)cc2c1O[C@H](CN=[N+]=[N-])CO2. The van der Waals surface area contributed by atoms with Gasteiger partial charge >= 0.3 is 11.9 Å². The van der Waals surface area contributed by atoms with E-state index in [1.54, 1.807) is 79.9 Å². The lowest BCUT2D eigenvalue weighted by molar-refractivity contribution is 0.0518. The van der Waals surface area contributed by atoms with Gasteiger partial charge in [-0.3, -0.25) is 0 Å². The third-order valence-corrected chi connectivity index (χ3v) is 19.2. The second-order valence-corrected chi connectivity index (χ2v) is 31.0. The lowest BCUT2D eigenvalue weighted by atomic mass is 10.1. The average Bonchev–Trinajstić information content (AvgIpc) is 1.77. The second kappa shape index (κ2) is 40.0. The Kier molecular flexibility index (Phi) is 30.8. The molecule has 43 heteroatoms. The van der Waals surface area contributed by atoms with Crippen LogP contribution in [0.2, 0.25) is 5.15 Å². The number of nitrogens with two attached hydrogens (primary N) is 1. The van der Waals surface area contributed by atoms with E-state index in [0.29, 0.717) is 91.1 Å². The molecule has 4 aliphatic rings. The molecule has 4 aromatic heterocycles. The summed E-state index contributed by atoms with van der Waals surface area (Å²) in [6, 6.07) is 12.3. The topological polar surface area (TPSA) is 478 Å². The van der Waals surface area contributed by atoms with Crippen LogP contribution in [0.5, 0.6) is 46.0 Å². The highest BCUT2D eigenvalue weighted by molar-refractivity contribution is 7.85. The Morgan fingerprint density at radius 1 is 0.584 bits per heavy atom. The van der Waals surface area contributed by atoms with Gasteiger partial charge in [0, 0.05) is 90.6 Å². The Balaban J connectivity index is 0.000000181. The quantitative estimate of drug-likeness (QED) is 0.0114. The molecule has 602 valence electrons. The average molecular weight is 1630 g/mol. The molecule has 0 bridgehead atoms. The number of esters is 2. The van der Waals surface area contributed by atoms with E-state index in [0.717, 1.165) is 0 Å². The molecule has 8 heterocycles. The number of hydrogen-bond donors (Lipinski definition) is 3. The molecule has 4 aliphatic heterocycles. The van der Waals surface area contributed by atoms with Crippen LogP contribution in [0.15, 0.2) is 110 Å². The van der Waals surface area contributed by atoms with Crippen molar-refractivity contribution in [3.05, 3.63) is 189 Å². The first kappa shape index (κ1) is 87.0. The molecule has 0 radical (unpaired) electrons. The van der Waals surface area contributed by atoms with Crippen molar-refractivity contribution in [2.45, 2.75) is 135 Å². The first-order chi connectivity index (χ1) is 53.8. The second-order valence-electron chi connectivity index (χ2n) is 26.7. The van der Waals surface area contributed by atoms with Crippen molar-refractivity contribution >= 4 is 68.3 Å². The van der Waals surface area contributed by atoms with Crippen molar-refractivity contribution in [2.24, 2.45) is 30.6 Å². The maximum Gasteiger partial charge on any atom is 0.343 e. The van der Waals surface area contributed by atoms with Crippen LogP contribution < -0.4 is 53.7 Å². The molecule has 12 rings (SSSR count). The van der Waals surface area contributed by atoms with Gasteiger partial charge in [0.15, 0.2) is 57.3 Å². The fourth-order valence-corrected chi connectivity index (χ4v) is 12.0. The predicted octanol–water partition coefficient (Wildman–Crippen LogP) is 14.5. The highest BCUT2D eigenvalue weighted by Crippen LogP contribution is 2.43. The third kappa shape index (κ3) is 23.7. The number of rotatable bonds is 21. The van der Waals surface area contributed by atoms with Gasteiger partial charge in [-0.2, -0.15) is 14.6 Å². The van der Waals surface area contributed by atoms with E-state index < -0.39 is 97.1 Å². The summed E-state index contributed by atoms with van der Waals surface area (Å²) in [7, 11) is -2.81. The number of anilines is 1. The molecular formula is C70H81ClF4N22O14S2. The highest BCUT2D eigenvalue weighted by atomic mass is 35.5. The zero-order valence-corrected chi connectivity index (χ0v) is 65.6. The van der Waals surface area contributed by atoms with Crippen molar-refractivity contribution in [1.82, 2.24) is 33.9 Å². The van der Waals surface area contributed by atoms with Crippen LogP contribution in [0, 0.1) is 23.3 Å². The van der Waals surface area contributed by atoms with Crippen LogP contribution in [-0.4, -0.2) is 155 Å². The molecule has 8 aromatic rings. The Bertz CT molecular complexity index is 5050. The van der Waals surface area contributed by atoms with Crippen molar-refractivity contribution in [3.63, 3.8) is 0 Å². The molecule has 0 amide bonds. The van der Waals surface area contributed by atoms with Crippen molar-refractivity contribution in [3.8, 4) is 46.0 Å². The van der Waals surface area contributed by atoms with Crippen LogP contribution in [0.3, 0.4) is 0 Å². The van der Waals surface area contributed by atoms with Gasteiger partial charge in [-0.15, -0.1) is 0 Å². The first-order valence-corrected chi connectivity index (χ1v) is 37.3. The Hall–Kier alpha value is -11.6. The summed E-state index contributed by atoms with van der Waals surface area (Å²) in [6.45, 7) is 23.0. The van der Waals surface area contributed by atoms with E-state index in [1.165, 1.54) is 70.0 Å². The minimum Gasteiger partial charge on any atom is -0.486 e. The van der Waals surface area contributed by atoms with E-state index in [-0.39, 0.29) is 94.2 Å². The zero-order valence-electron chi connectivity index (χ0n) is 63.2. The minimum absolute atomic E-state index is 0.0879. The number of carbonyl (C=O) groups excluding carboxylic acids is 2. The summed E-state index contributed by atoms with van der Waals surface area (Å²) >= 11 is 5.72. The molecule has 0 fully saturated rings. The van der Waals surface area contributed by atoms with Gasteiger partial charge in [0.05, 0.1) is 84.0 Å². The smallest absolute Gasteiger partial charge is 0.343 e. The number of benzene rings is 4. The number of hydrogen-bond acceptors (Lipinski definition) is 24. The summed E-state index contributed by atoms with van der Waals surface area (Å²) in [5, 5.41) is 25.5. The van der Waals surface area contributed by atoms with E-state index in [4.69, 9.17) is 86.8 Å². The number of aromatic nitrogens is 6. The zero-order chi connectivity index (χ0) is 82.4. The maximum absolute atomic E-state index is 14.2. The molecule has 9 atom stereocenters. The summed E-state index contributed by atoms with van der Waals surface area (Å²) in [6.07, 6.45) is 4.31. The number of ether oxygens (including phenoxy) is 10. The van der Waals surface area contributed by atoms with Crippen LogP contribution in [0.1, 0.15) is 144 Å². The fourth-order valence-electron chi connectivity index (χ4n) is 10.4. The Morgan fingerprint density at radius 2 is 0.965 bits per heavy atom. The number of carbonyl (C=O) groups is 2. The number of halogens is 5. The summed E-state index contributed by atoms with van der Waals surface area (Å²) in [5.41, 5.74) is 43.0. The molecule has 113 heavy (non-hydrogen) atoms. The number of nitrogens with zero attached hydrogens (tertiary/aromatic N) is 19. The molecule has 4 N–H and O–H groups in total. The minimum atomic E-state index is -1.49. The normalized spacial score (nSPS) is 16.9. The maximum atomic E-state index is 14.2. The molecular weight excluding hydrogens is 1550 g/mol. The monoisotopic (exact) mass is 1630 g/mol. The van der Waals surface area contributed by atoms with E-state index in [2.05, 4.69) is 74.7 Å². The van der Waals surface area contributed by atoms with E-state index in [9.17, 15) is 35.6 Å². The predicted molar refractivity (Wildman–Crippen MR) is 408 cm³/mol. The molecule has 0 saturated heterocycles. The number of fused-ring (bicyclic) bond motifs is 6. The van der Waals surface area contributed by atoms with Gasteiger partial charge in [0.2, 0.25) is 0 Å². The first-order valence-electron chi connectivity index (χ1n) is 34.7. The fraction of sp³-hybridized carbons (Fsp3) is 0.443. The lowest BCUT2D eigenvalue weighted by Crippen LogP contribution is -2.36. The summed E-state index contributed by atoms with van der Waals surface area (Å²) < 4.78 is 144. The van der Waals surface area contributed by atoms with Gasteiger partial charge in [0.25, 0.3) is 0 Å². The van der Waals surface area contributed by atoms with Gasteiger partial charge in [-0.25, -0.2) is 59.3 Å².